The molecule has 4 rings (SSSR count). The molecule has 1 fully saturated rings. The predicted molar refractivity (Wildman–Crippen MR) is 126 cm³/mol. The number of aromatic nitrogens is 5. The van der Waals surface area contributed by atoms with Crippen LogP contribution in [0.25, 0.3) is 11.4 Å². The minimum atomic E-state index is -0.507. The maximum absolute atomic E-state index is 13.6. The zero-order valence-electron chi connectivity index (χ0n) is 20.1. The maximum Gasteiger partial charge on any atom is 0.270 e. The van der Waals surface area contributed by atoms with Crippen molar-refractivity contribution in [3.8, 4) is 17.1 Å². The lowest BCUT2D eigenvalue weighted by atomic mass is 10.1. The molecule has 0 spiro atoms. The van der Waals surface area contributed by atoms with E-state index in [2.05, 4.69) is 30.9 Å². The van der Waals surface area contributed by atoms with E-state index in [4.69, 9.17) is 9.84 Å². The van der Waals surface area contributed by atoms with Gasteiger partial charge in [-0.3, -0.25) is 14.3 Å². The third-order valence-corrected chi connectivity index (χ3v) is 6.04. The molecule has 1 aromatic carbocycles. The summed E-state index contributed by atoms with van der Waals surface area (Å²) in [4.78, 5) is 32.8. The zero-order chi connectivity index (χ0) is 25.7. The van der Waals surface area contributed by atoms with E-state index < -0.39 is 18.3 Å². The average molecular weight is 498 g/mol. The summed E-state index contributed by atoms with van der Waals surface area (Å²) < 4.78 is 20.3. The highest BCUT2D eigenvalue weighted by atomic mass is 19.1. The molecule has 1 saturated carbocycles. The molecule has 2 atom stereocenters. The Hall–Kier alpha value is -3.93. The minimum Gasteiger partial charge on any atom is -0.494 e. The zero-order valence-corrected chi connectivity index (χ0v) is 20.1. The topological polar surface area (TPSA) is 144 Å². The van der Waals surface area contributed by atoms with Crippen molar-refractivity contribution in [3.05, 3.63) is 53.4 Å². The van der Waals surface area contributed by atoms with Crippen LogP contribution >= 0.6 is 0 Å². The molecular weight excluding hydrogens is 469 g/mol. The Morgan fingerprint density at radius 2 is 2.06 bits per heavy atom. The molecule has 190 valence electrons. The van der Waals surface area contributed by atoms with Crippen molar-refractivity contribution >= 4 is 11.8 Å². The van der Waals surface area contributed by atoms with Crippen LogP contribution in [0.2, 0.25) is 0 Å². The summed E-state index contributed by atoms with van der Waals surface area (Å²) in [7, 11) is 1.38. The van der Waals surface area contributed by atoms with Gasteiger partial charge in [0.05, 0.1) is 19.0 Å². The number of carbonyl (C=O) groups excluding carboxylic acids is 2. The number of amides is 2. The van der Waals surface area contributed by atoms with Crippen molar-refractivity contribution in [2.45, 2.75) is 45.3 Å². The summed E-state index contributed by atoms with van der Waals surface area (Å²) in [6.45, 7) is 1.99. The van der Waals surface area contributed by atoms with Crippen molar-refractivity contribution in [1.82, 2.24) is 35.6 Å². The van der Waals surface area contributed by atoms with Gasteiger partial charge in [-0.1, -0.05) is 11.3 Å². The number of hydrogen-bond acceptors (Lipinski definition) is 8. The Morgan fingerprint density at radius 3 is 2.83 bits per heavy atom. The largest absolute Gasteiger partial charge is 0.494 e. The molecular formula is C24H28FN7O4. The predicted octanol–water partition coefficient (Wildman–Crippen LogP) is 1.40. The van der Waals surface area contributed by atoms with Gasteiger partial charge in [-0.05, 0) is 55.9 Å². The monoisotopic (exact) mass is 497 g/mol. The van der Waals surface area contributed by atoms with Crippen LogP contribution in [0.5, 0.6) is 5.75 Å². The Labute approximate surface area is 207 Å². The number of rotatable bonds is 9. The SMILES string of the molecule is COc1cc(CNC(=O)c2cc(-c3cn(CC4CCC(NC(=O)CO)C4)nn3)nc(C)n2)ccc1F. The molecule has 0 saturated heterocycles. The van der Waals surface area contributed by atoms with Crippen LogP contribution in [0.4, 0.5) is 4.39 Å². The number of aryl methyl sites for hydroxylation is 1. The van der Waals surface area contributed by atoms with E-state index in [9.17, 15) is 14.0 Å². The summed E-state index contributed by atoms with van der Waals surface area (Å²) in [5.74, 6) is -0.402. The van der Waals surface area contributed by atoms with Gasteiger partial charge in [0.15, 0.2) is 11.6 Å². The van der Waals surface area contributed by atoms with E-state index in [1.54, 1.807) is 29.9 Å². The summed E-state index contributed by atoms with van der Waals surface area (Å²) in [5.41, 5.74) is 1.85. The summed E-state index contributed by atoms with van der Waals surface area (Å²) in [6, 6.07) is 5.99. The number of ether oxygens (including phenoxy) is 1. The lowest BCUT2D eigenvalue weighted by Crippen LogP contribution is -2.35. The fraction of sp³-hybridized carbons (Fsp3) is 0.417. The highest BCUT2D eigenvalue weighted by Gasteiger charge is 2.26. The molecule has 0 radical (unpaired) electrons. The Morgan fingerprint density at radius 1 is 1.22 bits per heavy atom. The molecule has 12 heteroatoms. The van der Waals surface area contributed by atoms with Crippen molar-refractivity contribution in [3.63, 3.8) is 0 Å². The van der Waals surface area contributed by atoms with Gasteiger partial charge in [-0.25, -0.2) is 14.4 Å². The first-order valence-corrected chi connectivity index (χ1v) is 11.6. The summed E-state index contributed by atoms with van der Waals surface area (Å²) in [6.07, 6.45) is 4.36. The van der Waals surface area contributed by atoms with Gasteiger partial charge < -0.3 is 20.5 Å². The molecule has 2 aromatic heterocycles. The second kappa shape index (κ2) is 11.2. The fourth-order valence-electron chi connectivity index (χ4n) is 4.32. The first-order chi connectivity index (χ1) is 17.3. The molecule has 3 N–H and O–H groups in total. The lowest BCUT2D eigenvalue weighted by Gasteiger charge is -2.12. The molecule has 2 unspecified atom stereocenters. The van der Waals surface area contributed by atoms with E-state index in [-0.39, 0.29) is 29.9 Å². The van der Waals surface area contributed by atoms with Gasteiger partial charge in [-0.15, -0.1) is 5.10 Å². The van der Waals surface area contributed by atoms with Crippen LogP contribution in [0.1, 0.15) is 41.1 Å². The second-order valence-corrected chi connectivity index (χ2v) is 8.76. The standard InChI is InChI=1S/C24H28FN7O4/c1-14-27-19(9-20(28-14)24(35)26-10-15-4-6-18(25)22(8-15)36-2)21-12-32(31-30-21)11-16-3-5-17(7-16)29-23(34)13-33/h4,6,8-9,12,16-17,33H,3,5,7,10-11,13H2,1-2H3,(H,26,35)(H,29,34). The van der Waals surface area contributed by atoms with Gasteiger partial charge in [-0.2, -0.15) is 0 Å². The van der Waals surface area contributed by atoms with Crippen molar-refractivity contribution in [2.24, 2.45) is 5.92 Å². The first kappa shape index (κ1) is 25.2. The van der Waals surface area contributed by atoms with Crippen LogP contribution in [0.15, 0.2) is 30.5 Å². The van der Waals surface area contributed by atoms with Crippen molar-refractivity contribution in [1.29, 1.82) is 0 Å². The number of aliphatic hydroxyl groups excluding tert-OH is 1. The molecule has 1 aliphatic rings. The molecule has 0 bridgehead atoms. The van der Waals surface area contributed by atoms with Gasteiger partial charge >= 0.3 is 0 Å². The van der Waals surface area contributed by atoms with Crippen LogP contribution in [-0.4, -0.2) is 61.6 Å². The number of methoxy groups -OCH3 is 1. The highest BCUT2D eigenvalue weighted by molar-refractivity contribution is 5.93. The summed E-state index contributed by atoms with van der Waals surface area (Å²) in [5, 5.41) is 22.9. The van der Waals surface area contributed by atoms with E-state index in [1.165, 1.54) is 19.2 Å². The van der Waals surface area contributed by atoms with Crippen LogP contribution in [0.3, 0.4) is 0 Å². The number of nitrogens with one attached hydrogen (secondary N) is 2. The Bertz CT molecular complexity index is 1250. The molecule has 2 amide bonds. The molecule has 2 heterocycles. The van der Waals surface area contributed by atoms with Gasteiger partial charge in [0, 0.05) is 19.1 Å². The maximum atomic E-state index is 13.6. The minimum absolute atomic E-state index is 0.0548. The number of aliphatic hydroxyl groups is 1. The molecule has 0 aliphatic heterocycles. The number of nitrogens with zero attached hydrogens (tertiary/aromatic N) is 5. The summed E-state index contributed by atoms with van der Waals surface area (Å²) >= 11 is 0. The second-order valence-electron chi connectivity index (χ2n) is 8.76. The molecule has 36 heavy (non-hydrogen) atoms. The number of benzene rings is 1. The highest BCUT2D eigenvalue weighted by Crippen LogP contribution is 2.27. The van der Waals surface area contributed by atoms with Crippen molar-refractivity contribution in [2.75, 3.05) is 13.7 Å². The lowest BCUT2D eigenvalue weighted by molar-refractivity contribution is -0.124. The number of hydrogen-bond donors (Lipinski definition) is 3. The van der Waals surface area contributed by atoms with E-state index in [0.29, 0.717) is 35.2 Å². The van der Waals surface area contributed by atoms with Crippen LogP contribution < -0.4 is 15.4 Å². The van der Waals surface area contributed by atoms with Crippen LogP contribution in [0, 0.1) is 18.7 Å². The molecule has 1 aliphatic carbocycles. The van der Waals surface area contributed by atoms with Gasteiger partial charge in [0.1, 0.15) is 23.8 Å². The average Bonchev–Trinajstić information content (AvgIpc) is 3.52. The molecule has 11 nitrogen and oxygen atoms in total. The normalized spacial score (nSPS) is 17.1. The smallest absolute Gasteiger partial charge is 0.270 e. The number of halogens is 1. The third kappa shape index (κ3) is 6.19. The fourth-order valence-corrected chi connectivity index (χ4v) is 4.32. The van der Waals surface area contributed by atoms with E-state index >= 15 is 0 Å². The van der Waals surface area contributed by atoms with Crippen molar-refractivity contribution < 1.29 is 23.8 Å². The van der Waals surface area contributed by atoms with E-state index in [0.717, 1.165) is 19.3 Å². The van der Waals surface area contributed by atoms with Gasteiger partial charge in [0.25, 0.3) is 5.91 Å². The number of carbonyl (C=O) groups is 2. The van der Waals surface area contributed by atoms with Gasteiger partial charge in [0.2, 0.25) is 5.91 Å². The first-order valence-electron chi connectivity index (χ1n) is 11.6. The Kier molecular flexibility index (Phi) is 7.84. The third-order valence-electron chi connectivity index (χ3n) is 6.04. The quantitative estimate of drug-likeness (QED) is 0.402. The van der Waals surface area contributed by atoms with Crippen LogP contribution in [-0.2, 0) is 17.9 Å². The van der Waals surface area contributed by atoms with E-state index in [1.807, 2.05) is 0 Å². The Balaban J connectivity index is 1.39. The molecule has 3 aromatic rings.